The summed E-state index contributed by atoms with van der Waals surface area (Å²) in [6, 6.07) is 13.6. The lowest BCUT2D eigenvalue weighted by Crippen LogP contribution is -2.47. The number of rotatable bonds is 10. The van der Waals surface area contributed by atoms with Gasteiger partial charge in [-0.15, -0.1) is 0 Å². The molecule has 2 heterocycles. The number of carbonyl (C=O) groups is 2. The Labute approximate surface area is 244 Å². The van der Waals surface area contributed by atoms with Gasteiger partial charge in [0.1, 0.15) is 0 Å². The number of aryl methyl sites for hydroxylation is 1. The van der Waals surface area contributed by atoms with Crippen LogP contribution in [0.15, 0.2) is 59.7 Å². The Balaban J connectivity index is 1.26. The summed E-state index contributed by atoms with van der Waals surface area (Å²) in [7, 11) is 2.09. The van der Waals surface area contributed by atoms with Crippen molar-refractivity contribution in [2.75, 3.05) is 33.2 Å². The lowest BCUT2D eigenvalue weighted by Gasteiger charge is -2.40. The minimum atomic E-state index is -0.273. The van der Waals surface area contributed by atoms with Crippen LogP contribution in [-0.4, -0.2) is 70.6 Å². The second kappa shape index (κ2) is 12.3. The molecule has 0 spiro atoms. The molecule has 8 heteroatoms. The minimum absolute atomic E-state index is 0.0205. The van der Waals surface area contributed by atoms with Crippen molar-refractivity contribution in [3.05, 3.63) is 71.4 Å². The number of carbonyl (C=O) groups excluding carboxylic acids is 2. The Morgan fingerprint density at radius 3 is 2.73 bits per heavy atom. The highest BCUT2D eigenvalue weighted by atomic mass is 32.1. The molecule has 208 valence electrons. The van der Waals surface area contributed by atoms with Crippen molar-refractivity contribution in [3.63, 3.8) is 0 Å². The van der Waals surface area contributed by atoms with Crippen molar-refractivity contribution in [1.29, 1.82) is 0 Å². The zero-order chi connectivity index (χ0) is 29.6. The van der Waals surface area contributed by atoms with Gasteiger partial charge < -0.3 is 14.8 Å². The van der Waals surface area contributed by atoms with E-state index in [9.17, 15) is 9.59 Å². The maximum absolute atomic E-state index is 13.4. The molecule has 2 aromatic carbocycles. The summed E-state index contributed by atoms with van der Waals surface area (Å²) >= 11 is 4.62. The lowest BCUT2D eigenvalue weighted by atomic mass is 9.79. The van der Waals surface area contributed by atoms with Gasteiger partial charge in [0.25, 0.3) is 5.91 Å². The number of hydrogen-bond donors (Lipinski definition) is 1. The first kappa shape index (κ1) is 25.4. The molecule has 0 bridgehead atoms. The number of unbranched alkanes of at least 4 members (excludes halogenated alkanes) is 1. The van der Waals surface area contributed by atoms with Crippen molar-refractivity contribution in [3.8, 4) is 0 Å². The van der Waals surface area contributed by atoms with Crippen LogP contribution < -0.4 is 5.32 Å². The van der Waals surface area contributed by atoms with Gasteiger partial charge in [0.15, 0.2) is 0 Å². The molecular weight excluding hydrogens is 518 g/mol. The number of likely N-dealkylation sites (N-methyl/N-ethyl adjacent to an activating group) is 1. The maximum Gasteiger partial charge on any atom is 0.251 e. The third-order valence-corrected chi connectivity index (χ3v) is 8.14. The average Bonchev–Trinajstić information content (AvgIpc) is 3.35. The van der Waals surface area contributed by atoms with E-state index in [1.165, 1.54) is 27.6 Å². The van der Waals surface area contributed by atoms with E-state index < -0.39 is 0 Å². The predicted octanol–water partition coefficient (Wildman–Crippen LogP) is 5.32. The van der Waals surface area contributed by atoms with Crippen molar-refractivity contribution < 1.29 is 12.3 Å². The van der Waals surface area contributed by atoms with E-state index in [-0.39, 0.29) is 37.6 Å². The van der Waals surface area contributed by atoms with E-state index in [0.29, 0.717) is 37.4 Å². The van der Waals surface area contributed by atoms with Crippen molar-refractivity contribution in [1.82, 2.24) is 19.7 Å². The number of aromatic nitrogens is 1. The summed E-state index contributed by atoms with van der Waals surface area (Å²) in [6.45, 7) is 3.13. The standard InChI is InChI=1S/C32H37N5O2S/c1-4-36(5-2)32(39)24-17-27-26-9-8-10-28-30(26)23(18-29(27)35(3)19-24)20-37(28)16-7-6-15-33-31(38)22-11-13-25(14-12-22)34-21-40/h8-14,17,20,24,29H,4-7,15-16,18-19H2,1-3H3,(H,33,38)/t24-,29-/m1/s1/i1D,2D. The quantitative estimate of drug-likeness (QED) is 0.208. The van der Waals surface area contributed by atoms with Gasteiger partial charge in [-0.3, -0.25) is 14.5 Å². The van der Waals surface area contributed by atoms with Crippen molar-refractivity contribution in [2.24, 2.45) is 10.9 Å². The Bertz CT molecular complexity index is 1520. The third kappa shape index (κ3) is 5.52. The molecule has 3 aromatic rings. The number of hydrogen-bond acceptors (Lipinski definition) is 5. The van der Waals surface area contributed by atoms with E-state index in [1.54, 1.807) is 29.2 Å². The summed E-state index contributed by atoms with van der Waals surface area (Å²) in [5.74, 6) is -0.353. The number of nitrogens with one attached hydrogen (secondary N) is 1. The van der Waals surface area contributed by atoms with Crippen LogP contribution in [0.1, 0.15) is 50.9 Å². The molecule has 1 aliphatic carbocycles. The van der Waals surface area contributed by atoms with Gasteiger partial charge in [0, 0.05) is 64.2 Å². The SMILES string of the molecule is [2H]CCN(CC[2H])C(=O)[C@@H]1C=C2c3cccc4c3c(cn4CCCCNC(=O)c3ccc(N=C=S)cc3)C[C@H]2N(C)C1. The zero-order valence-corrected chi connectivity index (χ0v) is 23.8. The third-order valence-electron chi connectivity index (χ3n) is 8.05. The molecule has 2 atom stereocenters. The van der Waals surface area contributed by atoms with Crippen molar-refractivity contribution >= 4 is 51.4 Å². The molecule has 0 saturated heterocycles. The predicted molar refractivity (Wildman–Crippen MR) is 164 cm³/mol. The maximum atomic E-state index is 13.4. The molecular formula is C32H37N5O2S. The first-order chi connectivity index (χ1) is 20.4. The number of amides is 2. The molecule has 5 rings (SSSR count). The number of benzene rings is 2. The normalized spacial score (nSPS) is 18.7. The van der Waals surface area contributed by atoms with Gasteiger partial charge in [0.2, 0.25) is 5.91 Å². The van der Waals surface area contributed by atoms with E-state index in [0.717, 1.165) is 25.8 Å². The molecule has 0 saturated carbocycles. The number of aliphatic imine (C=N–C) groups is 1. The lowest BCUT2D eigenvalue weighted by molar-refractivity contribution is -0.134. The van der Waals surface area contributed by atoms with Crippen LogP contribution in [0.5, 0.6) is 0 Å². The Kier molecular flexibility index (Phi) is 7.81. The molecule has 0 unspecified atom stereocenters. The van der Waals surface area contributed by atoms with E-state index in [4.69, 9.17) is 2.74 Å². The molecule has 1 aromatic heterocycles. The van der Waals surface area contributed by atoms with Crippen LogP contribution in [0.4, 0.5) is 5.69 Å². The minimum Gasteiger partial charge on any atom is -0.352 e. The molecule has 7 nitrogen and oxygen atoms in total. The average molecular weight is 558 g/mol. The summed E-state index contributed by atoms with van der Waals surface area (Å²) < 4.78 is 17.5. The first-order valence-corrected chi connectivity index (χ1v) is 14.2. The molecule has 0 radical (unpaired) electrons. The summed E-state index contributed by atoms with van der Waals surface area (Å²) in [6.07, 6.45) is 7.13. The number of nitrogens with zero attached hydrogens (tertiary/aromatic N) is 4. The zero-order valence-electron chi connectivity index (χ0n) is 24.9. The fourth-order valence-corrected chi connectivity index (χ4v) is 6.09. The highest BCUT2D eigenvalue weighted by Crippen LogP contribution is 2.42. The summed E-state index contributed by atoms with van der Waals surface area (Å²) in [5, 5.41) is 6.60. The summed E-state index contributed by atoms with van der Waals surface area (Å²) in [4.78, 5) is 33.7. The molecule has 1 N–H and O–H groups in total. The number of fused-ring (bicyclic) bond motifs is 2. The van der Waals surface area contributed by atoms with Crippen LogP contribution in [0, 0.1) is 5.92 Å². The molecule has 2 aliphatic rings. The second-order valence-electron chi connectivity index (χ2n) is 10.5. The summed E-state index contributed by atoms with van der Waals surface area (Å²) in [5.41, 5.74) is 6.21. The Hall–Kier alpha value is -3.58. The fourth-order valence-electron chi connectivity index (χ4n) is 5.99. The topological polar surface area (TPSA) is 69.9 Å². The van der Waals surface area contributed by atoms with E-state index in [2.05, 4.69) is 74.7 Å². The number of thiocarbonyl (C=S) groups is 1. The molecule has 2 amide bonds. The number of isothiocyanates is 1. The van der Waals surface area contributed by atoms with Crippen LogP contribution in [0.25, 0.3) is 16.5 Å². The Morgan fingerprint density at radius 2 is 1.98 bits per heavy atom. The first-order valence-electron chi connectivity index (χ1n) is 15.2. The Morgan fingerprint density at radius 1 is 1.18 bits per heavy atom. The van der Waals surface area contributed by atoms with E-state index in [1.807, 2.05) is 0 Å². The van der Waals surface area contributed by atoms with Gasteiger partial charge in [0.05, 0.1) is 16.8 Å². The van der Waals surface area contributed by atoms with Crippen LogP contribution in [0.3, 0.4) is 0 Å². The molecule has 1 aliphatic heterocycles. The van der Waals surface area contributed by atoms with Crippen molar-refractivity contribution in [2.45, 2.75) is 45.6 Å². The van der Waals surface area contributed by atoms with Gasteiger partial charge >= 0.3 is 0 Å². The van der Waals surface area contributed by atoms with Gasteiger partial charge in [-0.25, -0.2) is 0 Å². The highest BCUT2D eigenvalue weighted by molar-refractivity contribution is 7.78. The second-order valence-corrected chi connectivity index (χ2v) is 10.7. The fraction of sp³-hybridized carbons (Fsp3) is 0.406. The van der Waals surface area contributed by atoms with Crippen LogP contribution >= 0.6 is 12.2 Å². The van der Waals surface area contributed by atoms with Gasteiger partial charge in [-0.1, -0.05) is 18.2 Å². The molecule has 0 fully saturated rings. The van der Waals surface area contributed by atoms with Gasteiger partial charge in [-0.2, -0.15) is 4.99 Å². The highest BCUT2D eigenvalue weighted by Gasteiger charge is 2.36. The van der Waals surface area contributed by atoms with Gasteiger partial charge in [-0.05, 0) is 99.4 Å². The molecule has 40 heavy (non-hydrogen) atoms. The smallest absolute Gasteiger partial charge is 0.251 e. The monoisotopic (exact) mass is 557 g/mol. The largest absolute Gasteiger partial charge is 0.352 e. The van der Waals surface area contributed by atoms with E-state index >= 15 is 0 Å². The van der Waals surface area contributed by atoms with Crippen LogP contribution in [0.2, 0.25) is 0 Å². The van der Waals surface area contributed by atoms with Crippen LogP contribution in [-0.2, 0) is 17.8 Å².